The van der Waals surface area contributed by atoms with Crippen molar-refractivity contribution in [2.24, 2.45) is 0 Å². The van der Waals surface area contributed by atoms with Gasteiger partial charge in [0.2, 0.25) is 0 Å². The third kappa shape index (κ3) is 5.52. The smallest absolute Gasteiger partial charge is 0.270 e. The van der Waals surface area contributed by atoms with Gasteiger partial charge in [0.15, 0.2) is 0 Å². The lowest BCUT2D eigenvalue weighted by molar-refractivity contribution is -0.122. The zero-order valence-electron chi connectivity index (χ0n) is 23.2. The largest absolute Gasteiger partial charge is 0.366 e. The van der Waals surface area contributed by atoms with Crippen LogP contribution in [0.5, 0.6) is 0 Å². The van der Waals surface area contributed by atoms with Crippen LogP contribution >= 0.6 is 24.0 Å². The van der Waals surface area contributed by atoms with Gasteiger partial charge in [0.05, 0.1) is 17.1 Å². The van der Waals surface area contributed by atoms with Crippen LogP contribution in [0.2, 0.25) is 0 Å². The number of carbonyl (C=O) groups is 1. The van der Waals surface area contributed by atoms with Crippen LogP contribution in [0.4, 0.5) is 15.9 Å². The van der Waals surface area contributed by atoms with Crippen LogP contribution in [0.1, 0.15) is 34.7 Å². The maximum atomic E-state index is 14.5. The van der Waals surface area contributed by atoms with Crippen molar-refractivity contribution in [2.75, 3.05) is 36.0 Å². The normalized spacial score (nSPS) is 16.6. The number of rotatable bonds is 6. The molecule has 0 bridgehead atoms. The van der Waals surface area contributed by atoms with E-state index < -0.39 is 0 Å². The van der Waals surface area contributed by atoms with Gasteiger partial charge >= 0.3 is 0 Å². The van der Waals surface area contributed by atoms with E-state index in [-0.39, 0.29) is 22.8 Å². The number of amides is 1. The monoisotopic (exact) mass is 587 g/mol. The number of aryl methyl sites for hydroxylation is 1. The molecule has 10 heteroatoms. The van der Waals surface area contributed by atoms with Gasteiger partial charge < -0.3 is 9.80 Å². The first-order valence-electron chi connectivity index (χ1n) is 13.5. The number of piperazine rings is 1. The van der Waals surface area contributed by atoms with Crippen LogP contribution < -0.4 is 15.4 Å². The molecule has 41 heavy (non-hydrogen) atoms. The third-order valence-corrected chi connectivity index (χ3v) is 8.92. The second kappa shape index (κ2) is 11.9. The van der Waals surface area contributed by atoms with Crippen molar-refractivity contribution in [1.82, 2.24) is 9.47 Å². The topological polar surface area (TPSA) is 72.6 Å². The molecule has 3 aromatic rings. The van der Waals surface area contributed by atoms with Gasteiger partial charge in [-0.15, -0.1) is 0 Å². The van der Waals surface area contributed by atoms with Crippen LogP contribution in [0, 0.1) is 31.0 Å². The number of nitrogens with zero attached hydrogens (tertiary/aromatic N) is 5. The van der Waals surface area contributed by atoms with Crippen molar-refractivity contribution < 1.29 is 9.18 Å². The maximum Gasteiger partial charge on any atom is 0.270 e. The third-order valence-electron chi connectivity index (χ3n) is 7.55. The minimum Gasteiger partial charge on any atom is -0.366 e. The minimum atomic E-state index is -0.358. The average molecular weight is 588 g/mol. The molecule has 2 aliphatic rings. The molecular formula is C31H30FN5O2S2. The Morgan fingerprint density at radius 3 is 2.32 bits per heavy atom. The van der Waals surface area contributed by atoms with E-state index in [0.717, 1.165) is 11.1 Å². The molecule has 2 aromatic carbocycles. The lowest BCUT2D eigenvalue weighted by Crippen LogP contribution is -2.49. The fraction of sp³-hybridized carbons (Fsp3) is 0.290. The molecule has 0 radical (unpaired) electrons. The number of hydrogen-bond acceptors (Lipinski definition) is 7. The van der Waals surface area contributed by atoms with E-state index in [2.05, 4.69) is 11.0 Å². The van der Waals surface area contributed by atoms with Crippen molar-refractivity contribution >= 4 is 51.8 Å². The van der Waals surface area contributed by atoms with Gasteiger partial charge in [-0.2, -0.15) is 5.26 Å². The van der Waals surface area contributed by atoms with E-state index in [1.165, 1.54) is 17.8 Å². The number of thiocarbonyl (C=S) groups is 1. The second-order valence-electron chi connectivity index (χ2n) is 10.1. The summed E-state index contributed by atoms with van der Waals surface area (Å²) in [6.45, 7) is 8.52. The highest BCUT2D eigenvalue weighted by Crippen LogP contribution is 2.37. The van der Waals surface area contributed by atoms with E-state index in [1.54, 1.807) is 34.6 Å². The van der Waals surface area contributed by atoms with Crippen molar-refractivity contribution in [1.29, 1.82) is 5.26 Å². The first kappa shape index (κ1) is 28.6. The number of para-hydroxylation sites is 1. The maximum absolute atomic E-state index is 14.5. The average Bonchev–Trinajstić information content (AvgIpc) is 3.23. The number of pyridine rings is 1. The molecule has 0 atom stereocenters. The van der Waals surface area contributed by atoms with Crippen LogP contribution in [0.25, 0.3) is 6.08 Å². The molecule has 2 saturated heterocycles. The van der Waals surface area contributed by atoms with Gasteiger partial charge in [-0.3, -0.25) is 19.1 Å². The lowest BCUT2D eigenvalue weighted by atomic mass is 10.0. The Hall–Kier alpha value is -3.94. The first-order valence-corrected chi connectivity index (χ1v) is 14.7. The van der Waals surface area contributed by atoms with Gasteiger partial charge in [0, 0.05) is 38.3 Å². The standard InChI is InChI=1S/C31H30FN5O2S2/c1-4-36-28(35-15-13-34(14-16-35)26-8-6-5-7-25(26)32)23(21(3)24(18-33)29(36)38)17-27-30(39)37(31(40)41-27)19-22-11-9-20(2)10-12-22/h5-12,17H,4,13-16,19H2,1-3H3/b27-17-. The molecule has 0 aliphatic carbocycles. The first-order chi connectivity index (χ1) is 19.7. The Morgan fingerprint density at radius 2 is 1.68 bits per heavy atom. The van der Waals surface area contributed by atoms with E-state index >= 15 is 0 Å². The van der Waals surface area contributed by atoms with Crippen molar-refractivity contribution in [3.8, 4) is 6.07 Å². The summed E-state index contributed by atoms with van der Waals surface area (Å²) in [6.07, 6.45) is 1.77. The lowest BCUT2D eigenvalue weighted by Gasteiger charge is -2.39. The van der Waals surface area contributed by atoms with Crippen LogP contribution in [0.15, 0.2) is 58.2 Å². The van der Waals surface area contributed by atoms with Gasteiger partial charge in [-0.05, 0) is 50.1 Å². The molecule has 0 N–H and O–H groups in total. The number of carbonyl (C=O) groups excluding carboxylic acids is 1. The molecule has 7 nitrogen and oxygen atoms in total. The highest BCUT2D eigenvalue weighted by atomic mass is 32.2. The predicted molar refractivity (Wildman–Crippen MR) is 167 cm³/mol. The molecule has 5 rings (SSSR count). The Kier molecular flexibility index (Phi) is 8.29. The summed E-state index contributed by atoms with van der Waals surface area (Å²) in [5.41, 5.74) is 3.54. The van der Waals surface area contributed by atoms with Gasteiger partial charge in [-0.1, -0.05) is 65.9 Å². The van der Waals surface area contributed by atoms with E-state index in [1.807, 2.05) is 49.1 Å². The summed E-state index contributed by atoms with van der Waals surface area (Å²) in [5, 5.41) is 9.87. The summed E-state index contributed by atoms with van der Waals surface area (Å²) in [7, 11) is 0. The Balaban J connectivity index is 1.51. The van der Waals surface area contributed by atoms with Crippen LogP contribution in [-0.4, -0.2) is 45.9 Å². The highest BCUT2D eigenvalue weighted by Gasteiger charge is 2.34. The van der Waals surface area contributed by atoms with Crippen molar-refractivity contribution in [2.45, 2.75) is 33.9 Å². The molecule has 1 amide bonds. The number of anilines is 2. The molecule has 0 unspecified atom stereocenters. The van der Waals surface area contributed by atoms with E-state index in [0.29, 0.717) is 71.1 Å². The van der Waals surface area contributed by atoms with Crippen molar-refractivity contribution in [3.05, 3.63) is 97.4 Å². The summed E-state index contributed by atoms with van der Waals surface area (Å²) in [4.78, 5) is 33.0. The Labute approximate surface area is 248 Å². The number of aromatic nitrogens is 1. The van der Waals surface area contributed by atoms with Crippen LogP contribution in [0.3, 0.4) is 0 Å². The number of halogens is 1. The Morgan fingerprint density at radius 1 is 1.02 bits per heavy atom. The fourth-order valence-corrected chi connectivity index (χ4v) is 6.53. The zero-order chi connectivity index (χ0) is 29.3. The quantitative estimate of drug-likeness (QED) is 0.289. The summed E-state index contributed by atoms with van der Waals surface area (Å²) in [5.74, 6) is 0.183. The van der Waals surface area contributed by atoms with Crippen molar-refractivity contribution in [3.63, 3.8) is 0 Å². The number of nitriles is 1. The minimum absolute atomic E-state index is 0.0574. The molecule has 2 aliphatic heterocycles. The molecule has 3 heterocycles. The molecule has 0 saturated carbocycles. The summed E-state index contributed by atoms with van der Waals surface area (Å²) < 4.78 is 16.5. The summed E-state index contributed by atoms with van der Waals surface area (Å²) >= 11 is 6.81. The second-order valence-corrected chi connectivity index (χ2v) is 11.8. The van der Waals surface area contributed by atoms with Crippen LogP contribution in [-0.2, 0) is 17.9 Å². The number of thioether (sulfide) groups is 1. The fourth-order valence-electron chi connectivity index (χ4n) is 5.29. The SMILES string of the molecule is CCn1c(N2CCN(c3ccccc3F)CC2)c(/C=C2\SC(=S)N(Cc3ccc(C)cc3)C2=O)c(C)c(C#N)c1=O. The number of benzene rings is 2. The summed E-state index contributed by atoms with van der Waals surface area (Å²) in [6, 6.07) is 16.8. The molecule has 1 aromatic heterocycles. The highest BCUT2D eigenvalue weighted by molar-refractivity contribution is 8.26. The molecular weight excluding hydrogens is 558 g/mol. The van der Waals surface area contributed by atoms with Gasteiger partial charge in [0.25, 0.3) is 11.5 Å². The molecule has 0 spiro atoms. The Bertz CT molecular complexity index is 1650. The van der Waals surface area contributed by atoms with Gasteiger partial charge in [0.1, 0.15) is 27.6 Å². The molecule has 2 fully saturated rings. The van der Waals surface area contributed by atoms with E-state index in [9.17, 15) is 19.2 Å². The molecule has 210 valence electrons. The zero-order valence-corrected chi connectivity index (χ0v) is 24.8. The van der Waals surface area contributed by atoms with E-state index in [4.69, 9.17) is 12.2 Å². The van der Waals surface area contributed by atoms with Gasteiger partial charge in [-0.25, -0.2) is 4.39 Å². The predicted octanol–water partition coefficient (Wildman–Crippen LogP) is 5.22. The number of hydrogen-bond donors (Lipinski definition) is 0.